The minimum absolute atomic E-state index is 0.0616. The fraction of sp³-hybridized carbons (Fsp3) is 0.500. The summed E-state index contributed by atoms with van der Waals surface area (Å²) in [6.07, 6.45) is 2.56. The summed E-state index contributed by atoms with van der Waals surface area (Å²) in [5.41, 5.74) is 5.30. The highest BCUT2D eigenvalue weighted by atomic mass is 16.5. The molecular formula is C8H12N2O3. The van der Waals surface area contributed by atoms with Crippen molar-refractivity contribution in [3.63, 3.8) is 0 Å². The van der Waals surface area contributed by atoms with Gasteiger partial charge in [0.2, 0.25) is 0 Å². The van der Waals surface area contributed by atoms with Crippen molar-refractivity contribution in [1.29, 1.82) is 0 Å². The molecule has 1 aliphatic heterocycles. The van der Waals surface area contributed by atoms with Crippen LogP contribution in [-0.2, 0) is 9.53 Å². The van der Waals surface area contributed by atoms with Gasteiger partial charge in [-0.15, -0.1) is 0 Å². The van der Waals surface area contributed by atoms with E-state index in [-0.39, 0.29) is 12.1 Å². The molecule has 0 saturated carbocycles. The van der Waals surface area contributed by atoms with Crippen LogP contribution in [0.15, 0.2) is 11.8 Å². The molecular weight excluding hydrogens is 172 g/mol. The van der Waals surface area contributed by atoms with Gasteiger partial charge in [0.1, 0.15) is 6.10 Å². The zero-order valence-corrected chi connectivity index (χ0v) is 7.37. The average molecular weight is 184 g/mol. The number of amides is 2. The normalized spacial score (nSPS) is 24.5. The molecule has 1 heterocycles. The lowest BCUT2D eigenvalue weighted by Gasteiger charge is -2.01. The number of hydrogen-bond donors (Lipinski definition) is 2. The molecule has 5 heteroatoms. The van der Waals surface area contributed by atoms with Crippen LogP contribution in [0.1, 0.15) is 19.8 Å². The first kappa shape index (κ1) is 9.57. The van der Waals surface area contributed by atoms with Gasteiger partial charge in [-0.05, 0) is 6.42 Å². The van der Waals surface area contributed by atoms with Crippen molar-refractivity contribution < 1.29 is 14.3 Å². The van der Waals surface area contributed by atoms with Crippen LogP contribution in [-0.4, -0.2) is 18.1 Å². The highest BCUT2D eigenvalue weighted by Gasteiger charge is 2.27. The fourth-order valence-corrected chi connectivity index (χ4v) is 1.10. The van der Waals surface area contributed by atoms with E-state index in [9.17, 15) is 9.59 Å². The Balaban J connectivity index is 2.56. The lowest BCUT2D eigenvalue weighted by molar-refractivity contribution is -0.138. The van der Waals surface area contributed by atoms with Crippen LogP contribution in [0.25, 0.3) is 0 Å². The molecule has 0 aromatic heterocycles. The molecule has 0 aromatic carbocycles. The van der Waals surface area contributed by atoms with Gasteiger partial charge in [-0.2, -0.15) is 0 Å². The van der Waals surface area contributed by atoms with Crippen molar-refractivity contribution in [2.45, 2.75) is 25.9 Å². The summed E-state index contributed by atoms with van der Waals surface area (Å²) in [5.74, 6) is -0.374. The highest BCUT2D eigenvalue weighted by Crippen LogP contribution is 2.21. The van der Waals surface area contributed by atoms with Gasteiger partial charge in [0.25, 0.3) is 0 Å². The molecule has 1 fully saturated rings. The van der Waals surface area contributed by atoms with Crippen molar-refractivity contribution in [3.8, 4) is 0 Å². The van der Waals surface area contributed by atoms with E-state index in [0.29, 0.717) is 12.0 Å². The molecule has 1 aliphatic rings. The second-order valence-corrected chi connectivity index (χ2v) is 2.82. The molecule has 0 spiro atoms. The first-order chi connectivity index (χ1) is 6.13. The zero-order valence-electron chi connectivity index (χ0n) is 7.37. The largest absolute Gasteiger partial charge is 0.459 e. The number of nitrogens with one attached hydrogen (secondary N) is 1. The maximum Gasteiger partial charge on any atom is 0.335 e. The predicted molar refractivity (Wildman–Crippen MR) is 45.6 cm³/mol. The molecule has 0 bridgehead atoms. The molecule has 3 N–H and O–H groups in total. The summed E-state index contributed by atoms with van der Waals surface area (Å²) in [5, 5.41) is 2.24. The van der Waals surface area contributed by atoms with E-state index in [1.807, 2.05) is 6.92 Å². The van der Waals surface area contributed by atoms with Gasteiger partial charge < -0.3 is 15.8 Å². The minimum Gasteiger partial charge on any atom is -0.459 e. The monoisotopic (exact) mass is 184 g/mol. The molecule has 0 aliphatic carbocycles. The summed E-state index contributed by atoms with van der Waals surface area (Å²) in [6.45, 7) is 1.93. The second kappa shape index (κ2) is 3.93. The third kappa shape index (κ3) is 2.47. The molecule has 1 atom stereocenters. The molecule has 1 rings (SSSR count). The Morgan fingerprint density at radius 2 is 2.54 bits per heavy atom. The quantitative estimate of drug-likeness (QED) is 0.477. The van der Waals surface area contributed by atoms with E-state index in [0.717, 1.165) is 6.42 Å². The van der Waals surface area contributed by atoms with E-state index < -0.39 is 6.03 Å². The Bertz CT molecular complexity index is 260. The van der Waals surface area contributed by atoms with Crippen LogP contribution < -0.4 is 11.1 Å². The average Bonchev–Trinajstić information content (AvgIpc) is 2.43. The van der Waals surface area contributed by atoms with Gasteiger partial charge in [-0.1, -0.05) is 6.92 Å². The van der Waals surface area contributed by atoms with Crippen molar-refractivity contribution in [1.82, 2.24) is 5.32 Å². The zero-order chi connectivity index (χ0) is 9.84. The maximum absolute atomic E-state index is 11.1. The topological polar surface area (TPSA) is 81.4 Å². The number of urea groups is 1. The van der Waals surface area contributed by atoms with Crippen LogP contribution in [0.4, 0.5) is 4.79 Å². The van der Waals surface area contributed by atoms with Gasteiger partial charge in [0.05, 0.1) is 5.57 Å². The number of primary amides is 1. The first-order valence-electron chi connectivity index (χ1n) is 4.09. The number of rotatable bonds is 2. The molecule has 0 radical (unpaired) electrons. The molecule has 72 valence electrons. The Hall–Kier alpha value is -1.52. The number of carbonyl (C=O) groups excluding carboxylic acids is 2. The Labute approximate surface area is 75.9 Å². The van der Waals surface area contributed by atoms with Crippen molar-refractivity contribution in [2.24, 2.45) is 5.73 Å². The van der Waals surface area contributed by atoms with E-state index in [2.05, 4.69) is 5.32 Å². The van der Waals surface area contributed by atoms with E-state index in [4.69, 9.17) is 10.5 Å². The van der Waals surface area contributed by atoms with Crippen LogP contribution >= 0.6 is 0 Å². The van der Waals surface area contributed by atoms with Crippen molar-refractivity contribution in [3.05, 3.63) is 11.8 Å². The Kier molecular flexibility index (Phi) is 2.89. The van der Waals surface area contributed by atoms with Gasteiger partial charge in [-0.3, -0.25) is 0 Å². The van der Waals surface area contributed by atoms with Crippen LogP contribution in [0.2, 0.25) is 0 Å². The summed E-state index contributed by atoms with van der Waals surface area (Å²) in [4.78, 5) is 21.4. The highest BCUT2D eigenvalue weighted by molar-refractivity contribution is 5.91. The summed E-state index contributed by atoms with van der Waals surface area (Å²) in [6, 6.07) is -0.680. The molecule has 0 aromatic rings. The smallest absolute Gasteiger partial charge is 0.335 e. The van der Waals surface area contributed by atoms with E-state index in [1.165, 1.54) is 6.20 Å². The third-order valence-electron chi connectivity index (χ3n) is 1.83. The van der Waals surface area contributed by atoms with Crippen LogP contribution in [0.3, 0.4) is 0 Å². The molecule has 1 unspecified atom stereocenters. The summed E-state index contributed by atoms with van der Waals surface area (Å²) < 4.78 is 4.96. The Morgan fingerprint density at radius 1 is 1.85 bits per heavy atom. The number of hydrogen-bond acceptors (Lipinski definition) is 3. The van der Waals surface area contributed by atoms with E-state index >= 15 is 0 Å². The number of nitrogens with two attached hydrogens (primary N) is 1. The van der Waals surface area contributed by atoms with Crippen LogP contribution in [0, 0.1) is 0 Å². The number of ether oxygens (including phenoxy) is 1. The number of esters is 1. The first-order valence-corrected chi connectivity index (χ1v) is 4.09. The van der Waals surface area contributed by atoms with Crippen LogP contribution in [0.5, 0.6) is 0 Å². The third-order valence-corrected chi connectivity index (χ3v) is 1.83. The van der Waals surface area contributed by atoms with Gasteiger partial charge in [0.15, 0.2) is 0 Å². The lowest BCUT2D eigenvalue weighted by Crippen LogP contribution is -2.25. The lowest BCUT2D eigenvalue weighted by atomic mass is 10.1. The van der Waals surface area contributed by atoms with Gasteiger partial charge in [0, 0.05) is 12.6 Å². The molecule has 5 nitrogen and oxygen atoms in total. The predicted octanol–water partition coefficient (Wildman–Crippen LogP) is 0.264. The SMILES string of the molecule is CCC1CC(=CNC(N)=O)C(=O)O1. The summed E-state index contributed by atoms with van der Waals surface area (Å²) >= 11 is 0. The van der Waals surface area contributed by atoms with E-state index in [1.54, 1.807) is 0 Å². The van der Waals surface area contributed by atoms with Crippen molar-refractivity contribution in [2.75, 3.05) is 0 Å². The maximum atomic E-state index is 11.1. The molecule has 2 amide bonds. The minimum atomic E-state index is -0.680. The second-order valence-electron chi connectivity index (χ2n) is 2.82. The summed E-state index contributed by atoms with van der Waals surface area (Å²) in [7, 11) is 0. The Morgan fingerprint density at radius 3 is 3.00 bits per heavy atom. The fourth-order valence-electron chi connectivity index (χ4n) is 1.10. The molecule has 13 heavy (non-hydrogen) atoms. The standard InChI is InChI=1S/C8H12N2O3/c1-2-6-3-5(7(11)13-6)4-10-8(9)12/h4,6H,2-3H2,1H3,(H3,9,10,12). The number of carbonyl (C=O) groups is 2. The van der Waals surface area contributed by atoms with Gasteiger partial charge >= 0.3 is 12.0 Å². The molecule has 1 saturated heterocycles. The van der Waals surface area contributed by atoms with Crippen molar-refractivity contribution >= 4 is 12.0 Å². The van der Waals surface area contributed by atoms with Gasteiger partial charge in [-0.25, -0.2) is 9.59 Å². The number of cyclic esters (lactones) is 1.